The molecule has 3 aromatic rings. The zero-order valence-electron chi connectivity index (χ0n) is 19.3. The standard InChI is InChI=1S/C24H27FN4O4S/c1-24(2,3)21-16-22(29(27-21)19-9-7-18(25)8-10-19)26-23(30)17-5-4-6-20(15-17)34(31,32)28-11-13-33-14-12-28/h4-10,15-16H,11-14H2,1-3H3,(H,26,30). The molecule has 8 nitrogen and oxygen atoms in total. The van der Waals surface area contributed by atoms with Gasteiger partial charge in [-0.05, 0) is 42.5 Å². The Morgan fingerprint density at radius 3 is 2.38 bits per heavy atom. The van der Waals surface area contributed by atoms with Crippen LogP contribution in [0.3, 0.4) is 0 Å². The molecule has 10 heteroatoms. The monoisotopic (exact) mass is 486 g/mol. The molecule has 180 valence electrons. The molecule has 1 saturated heterocycles. The number of benzene rings is 2. The summed E-state index contributed by atoms with van der Waals surface area (Å²) in [6, 6.07) is 13.5. The van der Waals surface area contributed by atoms with Crippen LogP contribution in [0.1, 0.15) is 36.8 Å². The molecule has 1 amide bonds. The Morgan fingerprint density at radius 1 is 1.06 bits per heavy atom. The Balaban J connectivity index is 1.65. The van der Waals surface area contributed by atoms with E-state index in [0.29, 0.717) is 24.7 Å². The summed E-state index contributed by atoms with van der Waals surface area (Å²) in [5, 5.41) is 7.44. The van der Waals surface area contributed by atoms with E-state index in [0.717, 1.165) is 5.69 Å². The second kappa shape index (κ2) is 9.28. The molecule has 0 saturated carbocycles. The zero-order valence-corrected chi connectivity index (χ0v) is 20.1. The maximum absolute atomic E-state index is 13.4. The Bertz CT molecular complexity index is 1290. The van der Waals surface area contributed by atoms with Gasteiger partial charge in [-0.25, -0.2) is 17.5 Å². The second-order valence-electron chi connectivity index (χ2n) is 9.05. The molecule has 2 heterocycles. The van der Waals surface area contributed by atoms with Crippen LogP contribution in [0.15, 0.2) is 59.5 Å². The Hall–Kier alpha value is -3.08. The van der Waals surface area contributed by atoms with Crippen molar-refractivity contribution >= 4 is 21.7 Å². The van der Waals surface area contributed by atoms with Crippen molar-refractivity contribution in [2.75, 3.05) is 31.6 Å². The number of ether oxygens (including phenoxy) is 1. The van der Waals surface area contributed by atoms with Crippen molar-refractivity contribution in [1.29, 1.82) is 0 Å². The number of hydrogen-bond acceptors (Lipinski definition) is 5. The fourth-order valence-electron chi connectivity index (χ4n) is 3.54. The SMILES string of the molecule is CC(C)(C)c1cc(NC(=O)c2cccc(S(=O)(=O)N3CCOCC3)c2)n(-c2ccc(F)cc2)n1. The summed E-state index contributed by atoms with van der Waals surface area (Å²) in [6.45, 7) is 7.20. The van der Waals surface area contributed by atoms with Crippen LogP contribution in [0.5, 0.6) is 0 Å². The largest absolute Gasteiger partial charge is 0.379 e. The van der Waals surface area contributed by atoms with E-state index in [1.54, 1.807) is 30.3 Å². The number of halogens is 1. The molecular weight excluding hydrogens is 459 g/mol. The number of sulfonamides is 1. The van der Waals surface area contributed by atoms with Crippen LogP contribution < -0.4 is 5.32 Å². The normalized spacial score (nSPS) is 15.3. The smallest absolute Gasteiger partial charge is 0.256 e. The minimum absolute atomic E-state index is 0.0458. The molecule has 1 aromatic heterocycles. The van der Waals surface area contributed by atoms with Crippen LogP contribution in [0, 0.1) is 5.82 Å². The van der Waals surface area contributed by atoms with Gasteiger partial charge in [0, 0.05) is 30.1 Å². The third kappa shape index (κ3) is 5.03. The van der Waals surface area contributed by atoms with E-state index in [9.17, 15) is 17.6 Å². The van der Waals surface area contributed by atoms with Crippen molar-refractivity contribution in [1.82, 2.24) is 14.1 Å². The molecule has 0 radical (unpaired) electrons. The van der Waals surface area contributed by atoms with Crippen molar-refractivity contribution < 1.29 is 22.3 Å². The number of carbonyl (C=O) groups is 1. The lowest BCUT2D eigenvalue weighted by molar-refractivity contribution is 0.0730. The van der Waals surface area contributed by atoms with Gasteiger partial charge in [-0.15, -0.1) is 0 Å². The van der Waals surface area contributed by atoms with Crippen molar-refractivity contribution in [2.45, 2.75) is 31.1 Å². The molecule has 2 aromatic carbocycles. The van der Waals surface area contributed by atoms with Crippen molar-refractivity contribution in [3.8, 4) is 5.69 Å². The maximum atomic E-state index is 13.4. The molecule has 0 atom stereocenters. The Morgan fingerprint density at radius 2 is 1.74 bits per heavy atom. The quantitative estimate of drug-likeness (QED) is 0.595. The zero-order chi connectivity index (χ0) is 24.5. The van der Waals surface area contributed by atoms with Crippen molar-refractivity contribution in [3.05, 3.63) is 71.7 Å². The van der Waals surface area contributed by atoms with Gasteiger partial charge in [0.1, 0.15) is 11.6 Å². The van der Waals surface area contributed by atoms with Crippen LogP contribution in [0.25, 0.3) is 5.69 Å². The Labute approximate surface area is 198 Å². The molecule has 1 aliphatic heterocycles. The number of hydrogen-bond donors (Lipinski definition) is 1. The second-order valence-corrected chi connectivity index (χ2v) is 11.0. The molecule has 1 aliphatic rings. The van der Waals surface area contributed by atoms with E-state index < -0.39 is 15.9 Å². The summed E-state index contributed by atoms with van der Waals surface area (Å²) >= 11 is 0. The molecule has 1 N–H and O–H groups in total. The maximum Gasteiger partial charge on any atom is 0.256 e. The fraction of sp³-hybridized carbons (Fsp3) is 0.333. The van der Waals surface area contributed by atoms with E-state index in [1.165, 1.54) is 33.3 Å². The highest BCUT2D eigenvalue weighted by Gasteiger charge is 2.27. The van der Waals surface area contributed by atoms with Gasteiger partial charge in [0.05, 0.1) is 29.5 Å². The summed E-state index contributed by atoms with van der Waals surface area (Å²) in [5.74, 6) is -0.471. The Kier molecular flexibility index (Phi) is 6.57. The first-order chi connectivity index (χ1) is 16.1. The number of carbonyl (C=O) groups excluding carboxylic acids is 1. The van der Waals surface area contributed by atoms with Crippen molar-refractivity contribution in [3.63, 3.8) is 0 Å². The summed E-state index contributed by atoms with van der Waals surface area (Å²) in [7, 11) is -3.74. The molecule has 1 fully saturated rings. The molecule has 0 bridgehead atoms. The van der Waals surface area contributed by atoms with E-state index in [-0.39, 0.29) is 34.8 Å². The van der Waals surface area contributed by atoms with Gasteiger partial charge in [0.15, 0.2) is 0 Å². The molecule has 0 unspecified atom stereocenters. The minimum Gasteiger partial charge on any atom is -0.379 e. The number of nitrogens with one attached hydrogen (secondary N) is 1. The lowest BCUT2D eigenvalue weighted by Gasteiger charge is -2.26. The van der Waals surface area contributed by atoms with Gasteiger partial charge in [0.25, 0.3) is 5.91 Å². The number of nitrogens with zero attached hydrogens (tertiary/aromatic N) is 3. The average Bonchev–Trinajstić information content (AvgIpc) is 3.24. The van der Waals surface area contributed by atoms with E-state index in [2.05, 4.69) is 10.4 Å². The number of aromatic nitrogens is 2. The molecular formula is C24H27FN4O4S. The highest BCUT2D eigenvalue weighted by Crippen LogP contribution is 2.27. The molecule has 0 aliphatic carbocycles. The van der Waals surface area contributed by atoms with Gasteiger partial charge in [-0.3, -0.25) is 4.79 Å². The van der Waals surface area contributed by atoms with Gasteiger partial charge in [-0.1, -0.05) is 26.8 Å². The summed E-state index contributed by atoms with van der Waals surface area (Å²) in [4.78, 5) is 13.2. The first-order valence-electron chi connectivity index (χ1n) is 10.9. The van der Waals surface area contributed by atoms with Crippen LogP contribution >= 0.6 is 0 Å². The topological polar surface area (TPSA) is 93.5 Å². The van der Waals surface area contributed by atoms with E-state index in [1.807, 2.05) is 20.8 Å². The number of rotatable bonds is 5. The lowest BCUT2D eigenvalue weighted by Crippen LogP contribution is -2.40. The van der Waals surface area contributed by atoms with Gasteiger partial charge in [0.2, 0.25) is 10.0 Å². The van der Waals surface area contributed by atoms with Crippen LogP contribution in [-0.2, 0) is 20.2 Å². The highest BCUT2D eigenvalue weighted by atomic mass is 32.2. The third-order valence-electron chi connectivity index (χ3n) is 5.49. The lowest BCUT2D eigenvalue weighted by atomic mass is 9.92. The van der Waals surface area contributed by atoms with Gasteiger partial charge >= 0.3 is 0 Å². The van der Waals surface area contributed by atoms with Gasteiger partial charge < -0.3 is 10.1 Å². The van der Waals surface area contributed by atoms with Crippen LogP contribution in [0.4, 0.5) is 10.2 Å². The summed E-state index contributed by atoms with van der Waals surface area (Å²) in [6.07, 6.45) is 0. The predicted molar refractivity (Wildman–Crippen MR) is 126 cm³/mol. The fourth-order valence-corrected chi connectivity index (χ4v) is 4.99. The summed E-state index contributed by atoms with van der Waals surface area (Å²) in [5.41, 5.74) is 1.21. The van der Waals surface area contributed by atoms with Crippen LogP contribution in [0.2, 0.25) is 0 Å². The number of amides is 1. The van der Waals surface area contributed by atoms with Gasteiger partial charge in [-0.2, -0.15) is 9.40 Å². The number of morpholine rings is 1. The molecule has 34 heavy (non-hydrogen) atoms. The summed E-state index contributed by atoms with van der Waals surface area (Å²) < 4.78 is 47.6. The molecule has 4 rings (SSSR count). The highest BCUT2D eigenvalue weighted by molar-refractivity contribution is 7.89. The molecule has 0 spiro atoms. The minimum atomic E-state index is -3.74. The van der Waals surface area contributed by atoms with E-state index >= 15 is 0 Å². The average molecular weight is 487 g/mol. The van der Waals surface area contributed by atoms with Crippen LogP contribution in [-0.4, -0.2) is 54.7 Å². The van der Waals surface area contributed by atoms with Crippen molar-refractivity contribution in [2.24, 2.45) is 0 Å². The first kappa shape index (κ1) is 24.1. The number of anilines is 1. The van der Waals surface area contributed by atoms with E-state index in [4.69, 9.17) is 4.74 Å². The predicted octanol–water partition coefficient (Wildman–Crippen LogP) is 3.58. The first-order valence-corrected chi connectivity index (χ1v) is 12.4. The third-order valence-corrected chi connectivity index (χ3v) is 7.39.